The molecule has 0 aliphatic carbocycles. The van der Waals surface area contributed by atoms with Crippen molar-refractivity contribution in [2.45, 2.75) is 25.7 Å². The maximum atomic E-state index is 12.1. The first-order chi connectivity index (χ1) is 7.28. The van der Waals surface area contributed by atoms with Crippen molar-refractivity contribution in [3.8, 4) is 6.07 Å². The first-order valence-electron chi connectivity index (χ1n) is 5.57. The van der Waals surface area contributed by atoms with Gasteiger partial charge < -0.3 is 9.64 Å². The largest absolute Gasteiger partial charge is 0.377 e. The quantitative estimate of drug-likeness (QED) is 0.644. The SMILES string of the molecule is N#CC1(C(=O)N2CCCCCC2)COC1. The lowest BCUT2D eigenvalue weighted by Gasteiger charge is -2.37. The molecule has 0 aromatic carbocycles. The Kier molecular flexibility index (Phi) is 2.92. The maximum absolute atomic E-state index is 12.1. The van der Waals surface area contributed by atoms with E-state index < -0.39 is 5.41 Å². The molecule has 0 unspecified atom stereocenters. The van der Waals surface area contributed by atoms with Gasteiger partial charge in [0, 0.05) is 13.1 Å². The highest BCUT2D eigenvalue weighted by molar-refractivity contribution is 5.86. The molecule has 0 spiro atoms. The summed E-state index contributed by atoms with van der Waals surface area (Å²) in [6.45, 7) is 2.17. The molecular formula is C11H16N2O2. The van der Waals surface area contributed by atoms with Gasteiger partial charge in [-0.05, 0) is 12.8 Å². The topological polar surface area (TPSA) is 53.3 Å². The van der Waals surface area contributed by atoms with Gasteiger partial charge in [0.1, 0.15) is 0 Å². The van der Waals surface area contributed by atoms with Crippen molar-refractivity contribution in [3.05, 3.63) is 0 Å². The molecule has 2 rings (SSSR count). The van der Waals surface area contributed by atoms with Gasteiger partial charge in [0.2, 0.25) is 5.91 Å². The van der Waals surface area contributed by atoms with E-state index >= 15 is 0 Å². The van der Waals surface area contributed by atoms with E-state index in [0.717, 1.165) is 25.9 Å². The van der Waals surface area contributed by atoms with E-state index in [1.165, 1.54) is 12.8 Å². The zero-order chi connectivity index (χ0) is 10.7. The van der Waals surface area contributed by atoms with E-state index in [-0.39, 0.29) is 19.1 Å². The molecule has 82 valence electrons. The van der Waals surface area contributed by atoms with Crippen LogP contribution in [0.4, 0.5) is 0 Å². The van der Waals surface area contributed by atoms with Crippen molar-refractivity contribution in [3.63, 3.8) is 0 Å². The molecule has 4 heteroatoms. The smallest absolute Gasteiger partial charge is 0.247 e. The summed E-state index contributed by atoms with van der Waals surface area (Å²) in [6.07, 6.45) is 4.52. The number of nitrogens with zero attached hydrogens (tertiary/aromatic N) is 2. The van der Waals surface area contributed by atoms with E-state index in [2.05, 4.69) is 6.07 Å². The number of rotatable bonds is 1. The third-order valence-corrected chi connectivity index (χ3v) is 3.21. The predicted molar refractivity (Wildman–Crippen MR) is 53.9 cm³/mol. The molecule has 0 aromatic heterocycles. The lowest BCUT2D eigenvalue weighted by atomic mass is 9.86. The van der Waals surface area contributed by atoms with Crippen molar-refractivity contribution in [1.82, 2.24) is 4.90 Å². The summed E-state index contributed by atoms with van der Waals surface area (Å²) in [4.78, 5) is 14.0. The number of carbonyl (C=O) groups excluding carboxylic acids is 1. The van der Waals surface area contributed by atoms with Crippen LogP contribution < -0.4 is 0 Å². The second kappa shape index (κ2) is 4.19. The van der Waals surface area contributed by atoms with E-state index in [4.69, 9.17) is 10.00 Å². The summed E-state index contributed by atoms with van der Waals surface area (Å²) in [6, 6.07) is 2.12. The third kappa shape index (κ3) is 1.84. The summed E-state index contributed by atoms with van der Waals surface area (Å²) in [5.41, 5.74) is -0.857. The molecule has 2 fully saturated rings. The maximum Gasteiger partial charge on any atom is 0.247 e. The number of nitriles is 1. The summed E-state index contributed by atoms with van der Waals surface area (Å²) in [5.74, 6) is -0.0156. The van der Waals surface area contributed by atoms with Gasteiger partial charge in [0.05, 0.1) is 19.3 Å². The van der Waals surface area contributed by atoms with E-state index in [1.807, 2.05) is 4.90 Å². The fraction of sp³-hybridized carbons (Fsp3) is 0.818. The van der Waals surface area contributed by atoms with Crippen molar-refractivity contribution >= 4 is 5.91 Å². The lowest BCUT2D eigenvalue weighted by molar-refractivity contribution is -0.161. The monoisotopic (exact) mass is 208 g/mol. The van der Waals surface area contributed by atoms with Gasteiger partial charge in [-0.3, -0.25) is 4.79 Å². The predicted octanol–water partition coefficient (Wildman–Crippen LogP) is 0.929. The summed E-state index contributed by atoms with van der Waals surface area (Å²) in [7, 11) is 0. The molecule has 0 N–H and O–H groups in total. The standard InChI is InChI=1S/C11H16N2O2/c12-7-11(8-15-9-11)10(14)13-5-3-1-2-4-6-13/h1-6,8-9H2. The zero-order valence-electron chi connectivity index (χ0n) is 8.87. The minimum absolute atomic E-state index is 0.0156. The Morgan fingerprint density at radius 2 is 1.80 bits per heavy atom. The minimum Gasteiger partial charge on any atom is -0.377 e. The van der Waals surface area contributed by atoms with Gasteiger partial charge in [0.25, 0.3) is 0 Å². The Balaban J connectivity index is 2.02. The summed E-state index contributed by atoms with van der Waals surface area (Å²) >= 11 is 0. The van der Waals surface area contributed by atoms with Crippen LogP contribution in [0.25, 0.3) is 0 Å². The molecule has 0 aromatic rings. The first kappa shape index (κ1) is 10.4. The fourth-order valence-electron chi connectivity index (χ4n) is 2.12. The second-order valence-electron chi connectivity index (χ2n) is 4.39. The van der Waals surface area contributed by atoms with Gasteiger partial charge >= 0.3 is 0 Å². The molecule has 2 saturated heterocycles. The van der Waals surface area contributed by atoms with E-state index in [1.54, 1.807) is 0 Å². The summed E-state index contributed by atoms with van der Waals surface area (Å²) in [5, 5.41) is 9.03. The number of hydrogen-bond acceptors (Lipinski definition) is 3. The van der Waals surface area contributed by atoms with Crippen LogP contribution in [0, 0.1) is 16.7 Å². The molecule has 2 heterocycles. The molecule has 0 atom stereocenters. The normalized spacial score (nSPS) is 24.9. The van der Waals surface area contributed by atoms with Crippen LogP contribution >= 0.6 is 0 Å². The Labute approximate surface area is 89.8 Å². The van der Waals surface area contributed by atoms with E-state index in [0.29, 0.717) is 0 Å². The zero-order valence-corrected chi connectivity index (χ0v) is 8.87. The Morgan fingerprint density at radius 1 is 1.20 bits per heavy atom. The van der Waals surface area contributed by atoms with Crippen LogP contribution in [0.3, 0.4) is 0 Å². The Bertz CT molecular complexity index is 283. The van der Waals surface area contributed by atoms with Crippen LogP contribution in [0.1, 0.15) is 25.7 Å². The van der Waals surface area contributed by atoms with Crippen LogP contribution in [-0.4, -0.2) is 37.1 Å². The highest BCUT2D eigenvalue weighted by atomic mass is 16.5. The molecule has 0 radical (unpaired) electrons. The van der Waals surface area contributed by atoms with Crippen molar-refractivity contribution in [2.24, 2.45) is 5.41 Å². The Morgan fingerprint density at radius 3 is 2.20 bits per heavy atom. The molecular weight excluding hydrogens is 192 g/mol. The second-order valence-corrected chi connectivity index (χ2v) is 4.39. The highest BCUT2D eigenvalue weighted by Crippen LogP contribution is 2.29. The molecule has 0 bridgehead atoms. The van der Waals surface area contributed by atoms with Crippen LogP contribution in [0.2, 0.25) is 0 Å². The molecule has 1 amide bonds. The van der Waals surface area contributed by atoms with Gasteiger partial charge in [-0.15, -0.1) is 0 Å². The molecule has 4 nitrogen and oxygen atoms in total. The van der Waals surface area contributed by atoms with Crippen LogP contribution in [-0.2, 0) is 9.53 Å². The minimum atomic E-state index is -0.857. The van der Waals surface area contributed by atoms with Gasteiger partial charge in [0.15, 0.2) is 5.41 Å². The first-order valence-corrected chi connectivity index (χ1v) is 5.57. The number of ether oxygens (including phenoxy) is 1. The van der Waals surface area contributed by atoms with E-state index in [9.17, 15) is 4.79 Å². The number of likely N-dealkylation sites (tertiary alicyclic amines) is 1. The number of carbonyl (C=O) groups is 1. The number of hydrogen-bond donors (Lipinski definition) is 0. The van der Waals surface area contributed by atoms with Crippen molar-refractivity contribution < 1.29 is 9.53 Å². The van der Waals surface area contributed by atoms with Crippen LogP contribution in [0.5, 0.6) is 0 Å². The highest BCUT2D eigenvalue weighted by Gasteiger charge is 2.48. The molecule has 15 heavy (non-hydrogen) atoms. The average molecular weight is 208 g/mol. The van der Waals surface area contributed by atoms with Crippen LogP contribution in [0.15, 0.2) is 0 Å². The molecule has 2 aliphatic rings. The van der Waals surface area contributed by atoms with Crippen molar-refractivity contribution in [2.75, 3.05) is 26.3 Å². The van der Waals surface area contributed by atoms with Gasteiger partial charge in [-0.2, -0.15) is 5.26 Å². The summed E-state index contributed by atoms with van der Waals surface area (Å²) < 4.78 is 5.00. The fourth-order valence-corrected chi connectivity index (χ4v) is 2.12. The van der Waals surface area contributed by atoms with Gasteiger partial charge in [-0.1, -0.05) is 12.8 Å². The van der Waals surface area contributed by atoms with Gasteiger partial charge in [-0.25, -0.2) is 0 Å². The molecule has 2 aliphatic heterocycles. The third-order valence-electron chi connectivity index (χ3n) is 3.21. The average Bonchev–Trinajstić information content (AvgIpc) is 2.44. The lowest BCUT2D eigenvalue weighted by Crippen LogP contribution is -2.54. The Hall–Kier alpha value is -1.08. The molecule has 0 saturated carbocycles. The number of amides is 1. The van der Waals surface area contributed by atoms with Crippen molar-refractivity contribution in [1.29, 1.82) is 5.26 Å².